The zero-order valence-electron chi connectivity index (χ0n) is 17.3. The average molecular weight is 447 g/mol. The van der Waals surface area contributed by atoms with E-state index in [4.69, 9.17) is 4.42 Å². The van der Waals surface area contributed by atoms with Crippen molar-refractivity contribution < 1.29 is 32.3 Å². The number of rotatable bonds is 6. The highest BCUT2D eigenvalue weighted by Gasteiger charge is 2.39. The lowest BCUT2D eigenvalue weighted by molar-refractivity contribution is -0.142. The molecule has 170 valence electrons. The van der Waals surface area contributed by atoms with Crippen molar-refractivity contribution >= 4 is 17.7 Å². The molecule has 2 saturated heterocycles. The van der Waals surface area contributed by atoms with Gasteiger partial charge in [0.1, 0.15) is 11.8 Å². The number of halogens is 2. The van der Waals surface area contributed by atoms with Crippen LogP contribution in [0.25, 0.3) is 0 Å². The van der Waals surface area contributed by atoms with Gasteiger partial charge in [0.15, 0.2) is 5.76 Å². The van der Waals surface area contributed by atoms with Gasteiger partial charge in [0.25, 0.3) is 5.91 Å². The van der Waals surface area contributed by atoms with Crippen LogP contribution in [-0.4, -0.2) is 71.3 Å². The van der Waals surface area contributed by atoms with E-state index in [0.29, 0.717) is 38.2 Å². The minimum absolute atomic E-state index is 0.0334. The molecule has 1 aromatic heterocycles. The Balaban J connectivity index is 1.35. The highest BCUT2D eigenvalue weighted by atomic mass is 19.3. The summed E-state index contributed by atoms with van der Waals surface area (Å²) in [6.07, 6.45) is 2.15. The number of ether oxygens (including phenoxy) is 1. The van der Waals surface area contributed by atoms with Crippen LogP contribution >= 0.6 is 0 Å². The van der Waals surface area contributed by atoms with Crippen molar-refractivity contribution in [1.29, 1.82) is 0 Å². The first-order chi connectivity index (χ1) is 15.4. The molecule has 0 aliphatic carbocycles. The summed E-state index contributed by atoms with van der Waals surface area (Å²) in [5.41, 5.74) is 0.716. The smallest absolute Gasteiger partial charge is 0.387 e. The molecule has 2 fully saturated rings. The van der Waals surface area contributed by atoms with Gasteiger partial charge in [0.2, 0.25) is 11.8 Å². The molecule has 32 heavy (non-hydrogen) atoms. The Hall–Kier alpha value is -3.43. The fourth-order valence-electron chi connectivity index (χ4n) is 4.06. The second-order valence-corrected chi connectivity index (χ2v) is 7.69. The molecule has 10 heteroatoms. The molecule has 2 aliphatic rings. The first-order valence-electron chi connectivity index (χ1n) is 10.4. The number of hydrogen-bond acceptors (Lipinski definition) is 5. The van der Waals surface area contributed by atoms with E-state index < -0.39 is 12.7 Å². The fraction of sp³-hybridized carbons (Fsp3) is 0.409. The molecule has 1 unspecified atom stereocenters. The van der Waals surface area contributed by atoms with Gasteiger partial charge in [0, 0.05) is 39.1 Å². The van der Waals surface area contributed by atoms with Gasteiger partial charge in [-0.15, -0.1) is 0 Å². The number of nitrogens with zero attached hydrogens (tertiary/aromatic N) is 3. The SMILES string of the molecule is O=C(c1ccco1)N1CCN(C(=O)C2CCC(=O)N2Cc2ccc(OC(F)F)cc2)CC1. The highest BCUT2D eigenvalue weighted by Crippen LogP contribution is 2.25. The number of furan rings is 1. The van der Waals surface area contributed by atoms with Crippen molar-refractivity contribution in [2.24, 2.45) is 0 Å². The second-order valence-electron chi connectivity index (χ2n) is 7.69. The number of amides is 3. The largest absolute Gasteiger partial charge is 0.459 e. The average Bonchev–Trinajstić information content (AvgIpc) is 3.45. The van der Waals surface area contributed by atoms with E-state index in [1.807, 2.05) is 0 Å². The lowest BCUT2D eigenvalue weighted by Crippen LogP contribution is -2.54. The zero-order chi connectivity index (χ0) is 22.7. The Morgan fingerprint density at radius 1 is 1.06 bits per heavy atom. The Morgan fingerprint density at radius 3 is 2.38 bits per heavy atom. The standard InChI is InChI=1S/C22H23F2N3O5/c23-22(24)32-16-5-3-15(4-6-16)14-27-17(7-8-19(27)28)20(29)25-9-11-26(12-10-25)21(30)18-2-1-13-31-18/h1-6,13,17,22H,7-12,14H2. The van der Waals surface area contributed by atoms with Gasteiger partial charge in [-0.2, -0.15) is 8.78 Å². The molecule has 0 bridgehead atoms. The van der Waals surface area contributed by atoms with Gasteiger partial charge < -0.3 is 23.9 Å². The number of piperazine rings is 1. The summed E-state index contributed by atoms with van der Waals surface area (Å²) in [5, 5.41) is 0. The minimum atomic E-state index is -2.90. The number of likely N-dealkylation sites (tertiary alicyclic amines) is 1. The number of carbonyl (C=O) groups excluding carboxylic acids is 3. The van der Waals surface area contributed by atoms with Crippen molar-refractivity contribution in [2.45, 2.75) is 32.0 Å². The van der Waals surface area contributed by atoms with Gasteiger partial charge >= 0.3 is 6.61 Å². The quantitative estimate of drug-likeness (QED) is 0.679. The third kappa shape index (κ3) is 4.74. The first kappa shape index (κ1) is 21.8. The summed E-state index contributed by atoms with van der Waals surface area (Å²) in [6, 6.07) is 8.70. The Bertz CT molecular complexity index is 956. The topological polar surface area (TPSA) is 83.3 Å². The molecule has 3 heterocycles. The maximum atomic E-state index is 13.1. The van der Waals surface area contributed by atoms with E-state index in [0.717, 1.165) is 0 Å². The Morgan fingerprint density at radius 2 is 1.75 bits per heavy atom. The van der Waals surface area contributed by atoms with Crippen LogP contribution in [0.3, 0.4) is 0 Å². The van der Waals surface area contributed by atoms with E-state index in [1.54, 1.807) is 34.1 Å². The summed E-state index contributed by atoms with van der Waals surface area (Å²) >= 11 is 0. The van der Waals surface area contributed by atoms with Crippen LogP contribution in [0.1, 0.15) is 29.0 Å². The van der Waals surface area contributed by atoms with Crippen LogP contribution in [-0.2, 0) is 16.1 Å². The molecule has 2 aliphatic heterocycles. The van der Waals surface area contributed by atoms with Crippen molar-refractivity contribution in [3.8, 4) is 5.75 Å². The monoisotopic (exact) mass is 447 g/mol. The molecule has 0 radical (unpaired) electrons. The molecule has 2 aromatic rings. The fourth-order valence-corrected chi connectivity index (χ4v) is 4.06. The normalized spacial score (nSPS) is 19.0. The van der Waals surface area contributed by atoms with E-state index in [2.05, 4.69) is 4.74 Å². The minimum Gasteiger partial charge on any atom is -0.459 e. The summed E-state index contributed by atoms with van der Waals surface area (Å²) in [4.78, 5) is 42.8. The molecule has 0 N–H and O–H groups in total. The predicted octanol–water partition coefficient (Wildman–Crippen LogP) is 2.36. The molecule has 0 saturated carbocycles. The van der Waals surface area contributed by atoms with Crippen LogP contribution in [0.2, 0.25) is 0 Å². The Labute approximate surface area is 183 Å². The predicted molar refractivity (Wildman–Crippen MR) is 108 cm³/mol. The molecule has 1 aromatic carbocycles. The molecular weight excluding hydrogens is 424 g/mol. The molecule has 1 atom stereocenters. The van der Waals surface area contributed by atoms with Crippen molar-refractivity contribution in [2.75, 3.05) is 26.2 Å². The lowest BCUT2D eigenvalue weighted by atomic mass is 10.1. The summed E-state index contributed by atoms with van der Waals surface area (Å²) in [7, 11) is 0. The molecule has 3 amide bonds. The third-order valence-electron chi connectivity index (χ3n) is 5.73. The highest BCUT2D eigenvalue weighted by molar-refractivity contribution is 5.92. The van der Waals surface area contributed by atoms with Gasteiger partial charge in [-0.1, -0.05) is 12.1 Å². The maximum Gasteiger partial charge on any atom is 0.387 e. The summed E-state index contributed by atoms with van der Waals surface area (Å²) in [6.45, 7) is -1.17. The van der Waals surface area contributed by atoms with Gasteiger partial charge in [-0.05, 0) is 36.2 Å². The van der Waals surface area contributed by atoms with Gasteiger partial charge in [-0.3, -0.25) is 14.4 Å². The van der Waals surface area contributed by atoms with Crippen LogP contribution in [0.15, 0.2) is 47.1 Å². The molecule has 0 spiro atoms. The molecule has 8 nitrogen and oxygen atoms in total. The van der Waals surface area contributed by atoms with Crippen molar-refractivity contribution in [1.82, 2.24) is 14.7 Å². The number of carbonyl (C=O) groups is 3. The lowest BCUT2D eigenvalue weighted by Gasteiger charge is -2.37. The van der Waals surface area contributed by atoms with Crippen molar-refractivity contribution in [3.63, 3.8) is 0 Å². The number of alkyl halides is 2. The first-order valence-corrected chi connectivity index (χ1v) is 10.4. The van der Waals surface area contributed by atoms with Crippen LogP contribution in [0.4, 0.5) is 8.78 Å². The second kappa shape index (κ2) is 9.37. The van der Waals surface area contributed by atoms with E-state index in [-0.39, 0.29) is 42.2 Å². The number of hydrogen-bond donors (Lipinski definition) is 0. The summed E-state index contributed by atoms with van der Waals surface area (Å²) < 4.78 is 34.1. The van der Waals surface area contributed by atoms with Crippen LogP contribution in [0, 0.1) is 0 Å². The third-order valence-corrected chi connectivity index (χ3v) is 5.73. The van der Waals surface area contributed by atoms with Gasteiger partial charge in [0.05, 0.1) is 6.26 Å². The summed E-state index contributed by atoms with van der Waals surface area (Å²) in [5.74, 6) is -0.172. The van der Waals surface area contributed by atoms with E-state index in [9.17, 15) is 23.2 Å². The van der Waals surface area contributed by atoms with Crippen LogP contribution in [0.5, 0.6) is 5.75 Å². The van der Waals surface area contributed by atoms with Crippen molar-refractivity contribution in [3.05, 3.63) is 54.0 Å². The maximum absolute atomic E-state index is 13.1. The zero-order valence-corrected chi connectivity index (χ0v) is 17.3. The number of benzene rings is 1. The van der Waals surface area contributed by atoms with Gasteiger partial charge in [-0.25, -0.2) is 0 Å². The van der Waals surface area contributed by atoms with Crippen LogP contribution < -0.4 is 4.74 Å². The van der Waals surface area contributed by atoms with E-state index in [1.165, 1.54) is 23.3 Å². The molecular formula is C22H23F2N3O5. The molecule has 4 rings (SSSR count). The van der Waals surface area contributed by atoms with E-state index >= 15 is 0 Å². The Kier molecular flexibility index (Phi) is 6.38.